The van der Waals surface area contributed by atoms with Crippen molar-refractivity contribution in [1.29, 1.82) is 0 Å². The third-order valence-electron chi connectivity index (χ3n) is 3.40. The van der Waals surface area contributed by atoms with Gasteiger partial charge in [-0.2, -0.15) is 0 Å². The van der Waals surface area contributed by atoms with Crippen LogP contribution in [0.1, 0.15) is 17.3 Å². The summed E-state index contributed by atoms with van der Waals surface area (Å²) in [4.78, 5) is 40.8. The first-order valence-electron chi connectivity index (χ1n) is 7.00. The fourth-order valence-electron chi connectivity index (χ4n) is 2.29. The maximum absolute atomic E-state index is 12.3. The first-order valence-corrected chi connectivity index (χ1v) is 7.88. The number of carboxylic acid groups (broad SMARTS) is 1. The number of carbonyl (C=O) groups excluding carboxylic acids is 2. The minimum atomic E-state index is -1.10. The summed E-state index contributed by atoms with van der Waals surface area (Å²) in [6.45, 7) is 1.33. The zero-order valence-corrected chi connectivity index (χ0v) is 13.4. The molecule has 9 heteroatoms. The number of anilines is 2. The van der Waals surface area contributed by atoms with Gasteiger partial charge in [-0.15, -0.1) is 11.3 Å². The number of thiazole rings is 1. The molecule has 0 aliphatic carbocycles. The summed E-state index contributed by atoms with van der Waals surface area (Å²) in [5, 5.41) is 13.8. The van der Waals surface area contributed by atoms with E-state index in [2.05, 4.69) is 10.3 Å². The van der Waals surface area contributed by atoms with Crippen LogP contribution in [0.15, 0.2) is 29.8 Å². The van der Waals surface area contributed by atoms with Crippen LogP contribution < -0.4 is 15.0 Å². The first kappa shape index (κ1) is 15.9. The Hall–Kier alpha value is -2.94. The molecule has 1 aliphatic heterocycles. The van der Waals surface area contributed by atoms with Crippen molar-refractivity contribution >= 4 is 39.9 Å². The second-order valence-corrected chi connectivity index (χ2v) is 5.95. The maximum Gasteiger partial charge on any atom is 0.335 e. The van der Waals surface area contributed by atoms with Gasteiger partial charge in [0.2, 0.25) is 5.91 Å². The van der Waals surface area contributed by atoms with E-state index < -0.39 is 18.0 Å². The Balaban J connectivity index is 1.85. The van der Waals surface area contributed by atoms with E-state index in [1.54, 1.807) is 18.5 Å². The number of hydrogen-bond donors (Lipinski definition) is 2. The zero-order valence-electron chi connectivity index (χ0n) is 12.6. The lowest BCUT2D eigenvalue weighted by atomic mass is 10.1. The Bertz CT molecular complexity index is 805. The van der Waals surface area contributed by atoms with Crippen LogP contribution in [-0.4, -0.2) is 40.5 Å². The normalized spacial score (nSPS) is 16.3. The monoisotopic (exact) mass is 347 g/mol. The maximum atomic E-state index is 12.3. The van der Waals surface area contributed by atoms with Crippen molar-refractivity contribution in [1.82, 2.24) is 4.98 Å². The predicted octanol–water partition coefficient (Wildman–Crippen LogP) is 1.59. The van der Waals surface area contributed by atoms with Crippen molar-refractivity contribution in [2.24, 2.45) is 0 Å². The molecule has 1 aromatic heterocycles. The van der Waals surface area contributed by atoms with E-state index in [9.17, 15) is 14.4 Å². The summed E-state index contributed by atoms with van der Waals surface area (Å²) in [6, 6.07) is 4.16. The van der Waals surface area contributed by atoms with Crippen LogP contribution in [0, 0.1) is 0 Å². The summed E-state index contributed by atoms with van der Waals surface area (Å²) in [6.07, 6.45) is 0.750. The highest BCUT2D eigenvalue weighted by Gasteiger charge is 2.33. The van der Waals surface area contributed by atoms with Gasteiger partial charge in [-0.25, -0.2) is 9.78 Å². The fraction of sp³-hybridized carbons (Fsp3) is 0.200. The molecule has 2 N–H and O–H groups in total. The molecule has 2 aromatic rings. The van der Waals surface area contributed by atoms with Crippen LogP contribution in [0.25, 0.3) is 0 Å². The lowest BCUT2D eigenvalue weighted by Crippen LogP contribution is -2.47. The molecule has 0 spiro atoms. The smallest absolute Gasteiger partial charge is 0.335 e. The highest BCUT2D eigenvalue weighted by atomic mass is 32.1. The molecule has 1 unspecified atom stereocenters. The minimum Gasteiger partial charge on any atom is -0.479 e. The Kier molecular flexibility index (Phi) is 4.17. The number of aromatic carboxylic acids is 1. The molecule has 3 rings (SSSR count). The average Bonchev–Trinajstić information content (AvgIpc) is 3.04. The number of fused-ring (bicyclic) bond motifs is 1. The SMILES string of the molecule is CC1Oc2cc(C(=O)O)ccc2N(CC(=O)Nc2nccs2)C1=O. The van der Waals surface area contributed by atoms with E-state index in [1.807, 2.05) is 0 Å². The van der Waals surface area contributed by atoms with Crippen LogP contribution in [-0.2, 0) is 9.59 Å². The lowest BCUT2D eigenvalue weighted by Gasteiger charge is -2.32. The van der Waals surface area contributed by atoms with Crippen LogP contribution in [0.3, 0.4) is 0 Å². The van der Waals surface area contributed by atoms with Crippen molar-refractivity contribution < 1.29 is 24.2 Å². The van der Waals surface area contributed by atoms with E-state index in [1.165, 1.54) is 34.4 Å². The fourth-order valence-corrected chi connectivity index (χ4v) is 2.84. The van der Waals surface area contributed by atoms with Crippen molar-refractivity contribution in [3.63, 3.8) is 0 Å². The summed E-state index contributed by atoms with van der Waals surface area (Å²) >= 11 is 1.27. The minimum absolute atomic E-state index is 0.0440. The third-order valence-corrected chi connectivity index (χ3v) is 4.08. The molecule has 0 fully saturated rings. The average molecular weight is 347 g/mol. The number of carboxylic acids is 1. The van der Waals surface area contributed by atoms with Gasteiger partial charge < -0.3 is 15.2 Å². The number of carbonyl (C=O) groups is 3. The number of ether oxygens (including phenoxy) is 1. The molecule has 0 radical (unpaired) electrons. The number of nitrogens with one attached hydrogen (secondary N) is 1. The van der Waals surface area contributed by atoms with Crippen LogP contribution in [0.2, 0.25) is 0 Å². The Morgan fingerprint density at radius 3 is 2.92 bits per heavy atom. The highest BCUT2D eigenvalue weighted by molar-refractivity contribution is 7.13. The summed E-state index contributed by atoms with van der Waals surface area (Å²) < 4.78 is 5.46. The highest BCUT2D eigenvalue weighted by Crippen LogP contribution is 2.34. The van der Waals surface area contributed by atoms with Gasteiger partial charge in [0, 0.05) is 11.6 Å². The van der Waals surface area contributed by atoms with E-state index in [0.29, 0.717) is 10.8 Å². The molecular weight excluding hydrogens is 334 g/mol. The van der Waals surface area contributed by atoms with E-state index >= 15 is 0 Å². The van der Waals surface area contributed by atoms with Crippen LogP contribution in [0.5, 0.6) is 5.75 Å². The number of nitrogens with zero attached hydrogens (tertiary/aromatic N) is 2. The predicted molar refractivity (Wildman–Crippen MR) is 86.6 cm³/mol. The van der Waals surface area contributed by atoms with Gasteiger partial charge in [0.1, 0.15) is 12.3 Å². The molecule has 1 aliphatic rings. The molecule has 1 aromatic carbocycles. The van der Waals surface area contributed by atoms with Crippen molar-refractivity contribution in [3.8, 4) is 5.75 Å². The van der Waals surface area contributed by atoms with Crippen LogP contribution >= 0.6 is 11.3 Å². The molecule has 2 amide bonds. The molecule has 24 heavy (non-hydrogen) atoms. The van der Waals surface area contributed by atoms with Gasteiger partial charge in [-0.1, -0.05) is 0 Å². The van der Waals surface area contributed by atoms with Gasteiger partial charge in [0.15, 0.2) is 11.2 Å². The molecule has 0 bridgehead atoms. The molecule has 1 atom stereocenters. The molecule has 2 heterocycles. The van der Waals surface area contributed by atoms with Gasteiger partial charge in [-0.05, 0) is 25.1 Å². The van der Waals surface area contributed by atoms with Crippen LogP contribution in [0.4, 0.5) is 10.8 Å². The molecule has 0 saturated carbocycles. The molecule has 8 nitrogen and oxygen atoms in total. The van der Waals surface area contributed by atoms with Gasteiger partial charge in [-0.3, -0.25) is 14.5 Å². The van der Waals surface area contributed by atoms with E-state index in [4.69, 9.17) is 9.84 Å². The van der Waals surface area contributed by atoms with E-state index in [0.717, 1.165) is 0 Å². The van der Waals surface area contributed by atoms with Gasteiger partial charge >= 0.3 is 5.97 Å². The second-order valence-electron chi connectivity index (χ2n) is 5.06. The summed E-state index contributed by atoms with van der Waals surface area (Å²) in [7, 11) is 0. The topological polar surface area (TPSA) is 109 Å². The quantitative estimate of drug-likeness (QED) is 0.869. The third kappa shape index (κ3) is 3.06. The van der Waals surface area contributed by atoms with E-state index in [-0.39, 0.29) is 23.8 Å². The van der Waals surface area contributed by atoms with Gasteiger partial charge in [0.05, 0.1) is 11.3 Å². The Morgan fingerprint density at radius 2 is 2.25 bits per heavy atom. The number of rotatable bonds is 4. The second kappa shape index (κ2) is 6.28. The van der Waals surface area contributed by atoms with Gasteiger partial charge in [0.25, 0.3) is 5.91 Å². The number of hydrogen-bond acceptors (Lipinski definition) is 6. The molecule has 0 saturated heterocycles. The van der Waals surface area contributed by atoms with Crippen molar-refractivity contribution in [2.75, 3.05) is 16.8 Å². The zero-order chi connectivity index (χ0) is 17.3. The number of amides is 2. The Labute approximate surface area is 140 Å². The lowest BCUT2D eigenvalue weighted by molar-refractivity contribution is -0.127. The molecular formula is C15H13N3O5S. The largest absolute Gasteiger partial charge is 0.479 e. The first-order chi connectivity index (χ1) is 11.5. The standard InChI is InChI=1S/C15H13N3O5S/c1-8-13(20)18(7-12(19)17-15-16-4-5-24-15)10-3-2-9(14(21)22)6-11(10)23-8/h2-6,8H,7H2,1H3,(H,21,22)(H,16,17,19). The Morgan fingerprint density at radius 1 is 1.46 bits per heavy atom. The number of aromatic nitrogens is 1. The van der Waals surface area contributed by atoms with Crippen molar-refractivity contribution in [2.45, 2.75) is 13.0 Å². The number of benzene rings is 1. The summed E-state index contributed by atoms with van der Waals surface area (Å²) in [5.74, 6) is -1.62. The summed E-state index contributed by atoms with van der Waals surface area (Å²) in [5.41, 5.74) is 0.403. The van der Waals surface area contributed by atoms with Crippen molar-refractivity contribution in [3.05, 3.63) is 35.3 Å². The molecule has 124 valence electrons.